The Morgan fingerprint density at radius 1 is 1.38 bits per heavy atom. The molecule has 86 valence electrons. The third kappa shape index (κ3) is 1.83. The lowest BCUT2D eigenvalue weighted by atomic mass is 10.1. The van der Waals surface area contributed by atoms with Crippen LogP contribution in [0.2, 0.25) is 0 Å². The van der Waals surface area contributed by atoms with E-state index >= 15 is 0 Å². The van der Waals surface area contributed by atoms with E-state index < -0.39 is 0 Å². The molecule has 2 N–H and O–H groups in total. The molecule has 2 rings (SSSR count). The van der Waals surface area contributed by atoms with E-state index in [1.165, 1.54) is 12.1 Å². The normalized spacial score (nSPS) is 20.4. The van der Waals surface area contributed by atoms with Crippen LogP contribution in [0.1, 0.15) is 25.3 Å². The van der Waals surface area contributed by atoms with E-state index in [1.54, 1.807) is 11.0 Å². The largest absolute Gasteiger partial charge is 0.507 e. The number of amides is 1. The van der Waals surface area contributed by atoms with Crippen molar-refractivity contribution in [3.63, 3.8) is 0 Å². The van der Waals surface area contributed by atoms with Crippen molar-refractivity contribution in [2.24, 2.45) is 0 Å². The summed E-state index contributed by atoms with van der Waals surface area (Å²) in [5.74, 6) is 0.147. The minimum Gasteiger partial charge on any atom is -0.507 e. The zero-order valence-corrected chi connectivity index (χ0v) is 9.18. The van der Waals surface area contributed by atoms with Gasteiger partial charge in [0.15, 0.2) is 0 Å². The fourth-order valence-electron chi connectivity index (χ4n) is 2.02. The lowest BCUT2D eigenvalue weighted by molar-refractivity contribution is -0.129. The maximum absolute atomic E-state index is 11.6. The number of likely N-dealkylation sites (tertiary alicyclic amines) is 1. The third-order valence-corrected chi connectivity index (χ3v) is 3.08. The number of rotatable bonds is 2. The first-order chi connectivity index (χ1) is 7.59. The Bertz CT molecular complexity index is 396. The third-order valence-electron chi connectivity index (χ3n) is 3.08. The number of carbonyl (C=O) groups is 1. The van der Waals surface area contributed by atoms with Gasteiger partial charge in [0, 0.05) is 12.5 Å². The summed E-state index contributed by atoms with van der Waals surface area (Å²) in [5, 5.41) is 19.3. The molecule has 0 radical (unpaired) electrons. The molecule has 0 aliphatic carbocycles. The first-order valence-corrected chi connectivity index (χ1v) is 5.39. The second-order valence-electron chi connectivity index (χ2n) is 4.18. The lowest BCUT2D eigenvalue weighted by Gasteiger charge is -2.22. The van der Waals surface area contributed by atoms with Crippen LogP contribution in [0.3, 0.4) is 0 Å². The molecule has 1 unspecified atom stereocenters. The number of aromatic hydroxyl groups is 2. The summed E-state index contributed by atoms with van der Waals surface area (Å²) in [7, 11) is 0. The molecule has 1 amide bonds. The van der Waals surface area contributed by atoms with Crippen LogP contribution in [0.4, 0.5) is 0 Å². The number of phenolic OH excluding ortho intramolecular Hbond substituents is 2. The summed E-state index contributed by atoms with van der Waals surface area (Å²) in [6, 6.07) is 4.77. The Kier molecular flexibility index (Phi) is 2.73. The van der Waals surface area contributed by atoms with Gasteiger partial charge in [0.05, 0.1) is 12.1 Å². The predicted octanol–water partition coefficient (Wildman–Crippen LogP) is 1.61. The second kappa shape index (κ2) is 4.04. The second-order valence-corrected chi connectivity index (χ2v) is 4.18. The lowest BCUT2D eigenvalue weighted by Crippen LogP contribution is -2.30. The molecule has 1 aliphatic rings. The average Bonchev–Trinajstić information content (AvgIpc) is 2.54. The first kappa shape index (κ1) is 10.8. The van der Waals surface area contributed by atoms with Crippen molar-refractivity contribution in [2.45, 2.75) is 32.4 Å². The maximum Gasteiger partial charge on any atom is 0.223 e. The van der Waals surface area contributed by atoms with Gasteiger partial charge in [-0.2, -0.15) is 0 Å². The van der Waals surface area contributed by atoms with Gasteiger partial charge in [0.25, 0.3) is 0 Å². The Labute approximate surface area is 94.1 Å². The molecule has 16 heavy (non-hydrogen) atoms. The fraction of sp³-hybridized carbons (Fsp3) is 0.417. The molecule has 0 aromatic heterocycles. The molecule has 1 aliphatic heterocycles. The average molecular weight is 221 g/mol. The highest BCUT2D eigenvalue weighted by Crippen LogP contribution is 2.30. The topological polar surface area (TPSA) is 60.8 Å². The van der Waals surface area contributed by atoms with Gasteiger partial charge in [0.1, 0.15) is 11.5 Å². The molecule has 1 heterocycles. The number of carbonyl (C=O) groups excluding carboxylic acids is 1. The van der Waals surface area contributed by atoms with Crippen molar-refractivity contribution >= 4 is 5.91 Å². The minimum atomic E-state index is 0.0342. The molecule has 4 nitrogen and oxygen atoms in total. The van der Waals surface area contributed by atoms with Crippen LogP contribution in [0, 0.1) is 0 Å². The highest BCUT2D eigenvalue weighted by molar-refractivity contribution is 5.78. The molecule has 0 bridgehead atoms. The molecule has 1 aromatic carbocycles. The molecule has 1 atom stereocenters. The van der Waals surface area contributed by atoms with Crippen molar-refractivity contribution in [1.82, 2.24) is 4.90 Å². The summed E-state index contributed by atoms with van der Waals surface area (Å²) in [5.41, 5.74) is 0.421. The predicted molar refractivity (Wildman–Crippen MR) is 59.0 cm³/mol. The monoisotopic (exact) mass is 221 g/mol. The van der Waals surface area contributed by atoms with Crippen molar-refractivity contribution in [1.29, 1.82) is 0 Å². The molecule has 0 saturated carbocycles. The van der Waals surface area contributed by atoms with E-state index in [1.807, 2.05) is 6.92 Å². The summed E-state index contributed by atoms with van der Waals surface area (Å²) >= 11 is 0. The standard InChI is InChI=1S/C12H15NO3/c1-8-5-6-12(16)13(8)7-9-10(14)3-2-4-11(9)15/h2-4,8,14-15H,5-7H2,1H3. The summed E-state index contributed by atoms with van der Waals surface area (Å²) in [4.78, 5) is 13.3. The SMILES string of the molecule is CC1CCC(=O)N1Cc1c(O)cccc1O. The van der Waals surface area contributed by atoms with Crippen LogP contribution < -0.4 is 0 Å². The van der Waals surface area contributed by atoms with Crippen LogP contribution in [-0.4, -0.2) is 27.1 Å². The van der Waals surface area contributed by atoms with E-state index in [0.29, 0.717) is 12.0 Å². The minimum absolute atomic E-state index is 0.0342. The van der Waals surface area contributed by atoms with Gasteiger partial charge in [-0.15, -0.1) is 0 Å². The Hall–Kier alpha value is -1.71. The van der Waals surface area contributed by atoms with Gasteiger partial charge in [-0.05, 0) is 25.5 Å². The van der Waals surface area contributed by atoms with E-state index in [9.17, 15) is 15.0 Å². The first-order valence-electron chi connectivity index (χ1n) is 5.39. The fourth-order valence-corrected chi connectivity index (χ4v) is 2.02. The van der Waals surface area contributed by atoms with Crippen LogP contribution in [0.15, 0.2) is 18.2 Å². The number of hydrogen-bond donors (Lipinski definition) is 2. The van der Waals surface area contributed by atoms with Crippen molar-refractivity contribution in [3.8, 4) is 11.5 Å². The number of hydrogen-bond acceptors (Lipinski definition) is 3. The summed E-state index contributed by atoms with van der Waals surface area (Å²) in [6.45, 7) is 2.25. The van der Waals surface area contributed by atoms with E-state index in [-0.39, 0.29) is 30.0 Å². The van der Waals surface area contributed by atoms with Crippen LogP contribution in [-0.2, 0) is 11.3 Å². The highest BCUT2D eigenvalue weighted by atomic mass is 16.3. The van der Waals surface area contributed by atoms with Gasteiger partial charge in [-0.25, -0.2) is 0 Å². The molecule has 1 saturated heterocycles. The number of nitrogens with zero attached hydrogens (tertiary/aromatic N) is 1. The van der Waals surface area contributed by atoms with E-state index in [2.05, 4.69) is 0 Å². The smallest absolute Gasteiger partial charge is 0.223 e. The van der Waals surface area contributed by atoms with Gasteiger partial charge < -0.3 is 15.1 Å². The molecule has 1 aromatic rings. The molecular formula is C12H15NO3. The van der Waals surface area contributed by atoms with Gasteiger partial charge in [0.2, 0.25) is 5.91 Å². The zero-order chi connectivity index (χ0) is 11.7. The summed E-state index contributed by atoms with van der Waals surface area (Å²) in [6.07, 6.45) is 1.39. The molecule has 4 heteroatoms. The van der Waals surface area contributed by atoms with Crippen molar-refractivity contribution in [3.05, 3.63) is 23.8 Å². The summed E-state index contributed by atoms with van der Waals surface area (Å²) < 4.78 is 0. The van der Waals surface area contributed by atoms with Gasteiger partial charge >= 0.3 is 0 Å². The highest BCUT2D eigenvalue weighted by Gasteiger charge is 2.28. The zero-order valence-electron chi connectivity index (χ0n) is 9.18. The van der Waals surface area contributed by atoms with E-state index in [0.717, 1.165) is 6.42 Å². The van der Waals surface area contributed by atoms with Gasteiger partial charge in [-0.1, -0.05) is 6.07 Å². The molecule has 1 fully saturated rings. The Morgan fingerprint density at radius 2 is 2.00 bits per heavy atom. The molecular weight excluding hydrogens is 206 g/mol. The van der Waals surface area contributed by atoms with E-state index in [4.69, 9.17) is 0 Å². The van der Waals surface area contributed by atoms with Crippen molar-refractivity contribution in [2.75, 3.05) is 0 Å². The van der Waals surface area contributed by atoms with Crippen LogP contribution >= 0.6 is 0 Å². The Balaban J connectivity index is 2.23. The number of benzene rings is 1. The number of phenols is 2. The quantitative estimate of drug-likeness (QED) is 0.797. The Morgan fingerprint density at radius 3 is 2.50 bits per heavy atom. The van der Waals surface area contributed by atoms with Crippen LogP contribution in [0.5, 0.6) is 11.5 Å². The molecule has 0 spiro atoms. The van der Waals surface area contributed by atoms with Gasteiger partial charge in [-0.3, -0.25) is 4.79 Å². The van der Waals surface area contributed by atoms with Crippen LogP contribution in [0.25, 0.3) is 0 Å². The van der Waals surface area contributed by atoms with Crippen molar-refractivity contribution < 1.29 is 15.0 Å². The maximum atomic E-state index is 11.6.